The maximum absolute atomic E-state index is 12.8. The molecule has 0 spiro atoms. The van der Waals surface area contributed by atoms with Gasteiger partial charge >= 0.3 is 6.18 Å². The van der Waals surface area contributed by atoms with Crippen LogP contribution in [0.3, 0.4) is 0 Å². The third-order valence-electron chi connectivity index (χ3n) is 3.67. The Morgan fingerprint density at radius 2 is 2.28 bits per heavy atom. The summed E-state index contributed by atoms with van der Waals surface area (Å²) in [7, 11) is 0. The molecule has 25 heavy (non-hydrogen) atoms. The van der Waals surface area contributed by atoms with Gasteiger partial charge in [-0.2, -0.15) is 13.2 Å². The molecule has 1 saturated heterocycles. The normalized spacial score (nSPS) is 18.1. The SMILES string of the molecule is O=C(CC1COCCN1)Nc1nc(-c2cccc(C(F)(F)F)c2)cs1. The second-order valence-electron chi connectivity index (χ2n) is 5.59. The second kappa shape index (κ2) is 7.51. The lowest BCUT2D eigenvalue weighted by Crippen LogP contribution is -2.43. The average Bonchev–Trinajstić information content (AvgIpc) is 3.03. The fraction of sp³-hybridized carbons (Fsp3) is 0.375. The van der Waals surface area contributed by atoms with Crippen LogP contribution in [0.5, 0.6) is 0 Å². The summed E-state index contributed by atoms with van der Waals surface area (Å²) in [4.78, 5) is 16.2. The summed E-state index contributed by atoms with van der Waals surface area (Å²) in [5, 5.41) is 7.83. The van der Waals surface area contributed by atoms with E-state index < -0.39 is 11.7 Å². The van der Waals surface area contributed by atoms with E-state index in [4.69, 9.17) is 4.74 Å². The topological polar surface area (TPSA) is 63.2 Å². The number of nitrogens with zero attached hydrogens (tertiary/aromatic N) is 1. The minimum Gasteiger partial charge on any atom is -0.378 e. The number of thiazole rings is 1. The molecule has 3 rings (SSSR count). The minimum absolute atomic E-state index is 0.0448. The molecule has 1 amide bonds. The molecule has 1 fully saturated rings. The Balaban J connectivity index is 1.65. The molecule has 0 saturated carbocycles. The van der Waals surface area contributed by atoms with E-state index in [1.165, 1.54) is 17.4 Å². The molecule has 1 aliphatic rings. The Morgan fingerprint density at radius 3 is 3.00 bits per heavy atom. The fourth-order valence-electron chi connectivity index (χ4n) is 2.46. The van der Waals surface area contributed by atoms with Gasteiger partial charge in [0.2, 0.25) is 5.91 Å². The van der Waals surface area contributed by atoms with Crippen molar-refractivity contribution in [3.8, 4) is 11.3 Å². The van der Waals surface area contributed by atoms with Crippen LogP contribution >= 0.6 is 11.3 Å². The first kappa shape index (κ1) is 17.8. The van der Waals surface area contributed by atoms with E-state index in [9.17, 15) is 18.0 Å². The van der Waals surface area contributed by atoms with E-state index in [0.717, 1.165) is 12.1 Å². The molecule has 5 nitrogen and oxygen atoms in total. The molecule has 0 bridgehead atoms. The molecular weight excluding hydrogens is 355 g/mol. The van der Waals surface area contributed by atoms with Crippen molar-refractivity contribution in [2.75, 3.05) is 25.1 Å². The molecular formula is C16H16F3N3O2S. The van der Waals surface area contributed by atoms with Crippen molar-refractivity contribution >= 4 is 22.4 Å². The van der Waals surface area contributed by atoms with Crippen molar-refractivity contribution < 1.29 is 22.7 Å². The van der Waals surface area contributed by atoms with Crippen LogP contribution in [0.4, 0.5) is 18.3 Å². The maximum Gasteiger partial charge on any atom is 0.416 e. The van der Waals surface area contributed by atoms with E-state index in [1.54, 1.807) is 11.4 Å². The zero-order valence-electron chi connectivity index (χ0n) is 13.1. The third-order valence-corrected chi connectivity index (χ3v) is 4.42. The lowest BCUT2D eigenvalue weighted by atomic mass is 10.1. The summed E-state index contributed by atoms with van der Waals surface area (Å²) in [6.45, 7) is 1.81. The van der Waals surface area contributed by atoms with Crippen LogP contribution in [-0.2, 0) is 15.7 Å². The van der Waals surface area contributed by atoms with E-state index in [-0.39, 0.29) is 18.4 Å². The zero-order chi connectivity index (χ0) is 17.9. The Morgan fingerprint density at radius 1 is 1.44 bits per heavy atom. The van der Waals surface area contributed by atoms with Crippen LogP contribution in [0.1, 0.15) is 12.0 Å². The minimum atomic E-state index is -4.40. The van der Waals surface area contributed by atoms with Crippen LogP contribution in [0.2, 0.25) is 0 Å². The maximum atomic E-state index is 12.8. The fourth-order valence-corrected chi connectivity index (χ4v) is 3.20. The monoisotopic (exact) mass is 371 g/mol. The predicted octanol–water partition coefficient (Wildman–Crippen LogP) is 3.15. The zero-order valence-corrected chi connectivity index (χ0v) is 13.9. The third kappa shape index (κ3) is 4.77. The highest BCUT2D eigenvalue weighted by Gasteiger charge is 2.30. The Kier molecular flexibility index (Phi) is 5.36. The lowest BCUT2D eigenvalue weighted by molar-refractivity contribution is -0.137. The Labute approximate surface area is 146 Å². The number of morpholine rings is 1. The molecule has 9 heteroatoms. The summed E-state index contributed by atoms with van der Waals surface area (Å²) in [6, 6.07) is 4.91. The molecule has 1 aromatic carbocycles. The number of rotatable bonds is 4. The molecule has 1 unspecified atom stereocenters. The summed E-state index contributed by atoms with van der Waals surface area (Å²) in [6.07, 6.45) is -4.16. The predicted molar refractivity (Wildman–Crippen MR) is 88.4 cm³/mol. The summed E-state index contributed by atoms with van der Waals surface area (Å²) < 4.78 is 43.7. The van der Waals surface area contributed by atoms with Crippen molar-refractivity contribution in [3.63, 3.8) is 0 Å². The highest BCUT2D eigenvalue weighted by molar-refractivity contribution is 7.14. The highest BCUT2D eigenvalue weighted by Crippen LogP contribution is 2.33. The largest absolute Gasteiger partial charge is 0.416 e. The van der Waals surface area contributed by atoms with Crippen molar-refractivity contribution in [2.24, 2.45) is 0 Å². The van der Waals surface area contributed by atoms with Crippen molar-refractivity contribution in [1.29, 1.82) is 0 Å². The van der Waals surface area contributed by atoms with Crippen molar-refractivity contribution in [2.45, 2.75) is 18.6 Å². The molecule has 1 aromatic heterocycles. The number of aromatic nitrogens is 1. The van der Waals surface area contributed by atoms with Crippen LogP contribution in [0.25, 0.3) is 11.3 Å². The molecule has 2 N–H and O–H groups in total. The summed E-state index contributed by atoms with van der Waals surface area (Å²) in [5.74, 6) is -0.215. The van der Waals surface area contributed by atoms with Gasteiger partial charge in [-0.05, 0) is 12.1 Å². The molecule has 0 radical (unpaired) electrons. The average molecular weight is 371 g/mol. The van der Waals surface area contributed by atoms with Gasteiger partial charge in [-0.3, -0.25) is 4.79 Å². The van der Waals surface area contributed by atoms with Gasteiger partial charge in [-0.1, -0.05) is 12.1 Å². The number of halogens is 3. The first-order valence-electron chi connectivity index (χ1n) is 7.66. The van der Waals surface area contributed by atoms with Gasteiger partial charge in [0.15, 0.2) is 5.13 Å². The number of hydrogen-bond donors (Lipinski definition) is 2. The molecule has 0 aliphatic carbocycles. The van der Waals surface area contributed by atoms with E-state index in [2.05, 4.69) is 15.6 Å². The Bertz CT molecular complexity index is 742. The number of ether oxygens (including phenoxy) is 1. The summed E-state index contributed by atoms with van der Waals surface area (Å²) >= 11 is 1.17. The van der Waals surface area contributed by atoms with Gasteiger partial charge in [0.05, 0.1) is 24.5 Å². The van der Waals surface area contributed by atoms with Gasteiger partial charge in [0.1, 0.15) is 0 Å². The van der Waals surface area contributed by atoms with E-state index >= 15 is 0 Å². The van der Waals surface area contributed by atoms with Crippen LogP contribution in [0, 0.1) is 0 Å². The van der Waals surface area contributed by atoms with Crippen LogP contribution in [0.15, 0.2) is 29.6 Å². The molecule has 1 atom stereocenters. The van der Waals surface area contributed by atoms with Crippen LogP contribution < -0.4 is 10.6 Å². The summed E-state index contributed by atoms with van der Waals surface area (Å²) in [5.41, 5.74) is 0.0198. The first-order valence-corrected chi connectivity index (χ1v) is 8.54. The number of carbonyl (C=O) groups excluding carboxylic acids is 1. The van der Waals surface area contributed by atoms with E-state index in [1.807, 2.05) is 0 Å². The lowest BCUT2D eigenvalue weighted by Gasteiger charge is -2.22. The number of carbonyl (C=O) groups is 1. The van der Waals surface area contributed by atoms with Gasteiger partial charge < -0.3 is 15.4 Å². The van der Waals surface area contributed by atoms with Gasteiger partial charge in [0, 0.05) is 30.0 Å². The molecule has 2 heterocycles. The Hall–Kier alpha value is -1.97. The first-order chi connectivity index (χ1) is 11.9. The highest BCUT2D eigenvalue weighted by atomic mass is 32.1. The smallest absolute Gasteiger partial charge is 0.378 e. The number of anilines is 1. The van der Waals surface area contributed by atoms with Crippen LogP contribution in [-0.4, -0.2) is 36.7 Å². The quantitative estimate of drug-likeness (QED) is 0.867. The molecule has 2 aromatic rings. The van der Waals surface area contributed by atoms with Gasteiger partial charge in [0.25, 0.3) is 0 Å². The van der Waals surface area contributed by atoms with Gasteiger partial charge in [-0.15, -0.1) is 11.3 Å². The number of nitrogens with one attached hydrogen (secondary N) is 2. The number of hydrogen-bond acceptors (Lipinski definition) is 5. The standard InChI is InChI=1S/C16H16F3N3O2S/c17-16(18,19)11-3-1-2-10(6-11)13-9-25-15(21-13)22-14(23)7-12-8-24-5-4-20-12/h1-3,6,9,12,20H,4-5,7-8H2,(H,21,22,23). The number of alkyl halides is 3. The van der Waals surface area contributed by atoms with E-state index in [0.29, 0.717) is 36.1 Å². The second-order valence-corrected chi connectivity index (χ2v) is 6.45. The van der Waals surface area contributed by atoms with Gasteiger partial charge in [-0.25, -0.2) is 4.98 Å². The molecule has 1 aliphatic heterocycles. The van der Waals surface area contributed by atoms with Crippen molar-refractivity contribution in [3.05, 3.63) is 35.2 Å². The van der Waals surface area contributed by atoms with Crippen molar-refractivity contribution in [1.82, 2.24) is 10.3 Å². The number of amides is 1. The number of benzene rings is 1. The molecule has 134 valence electrons.